The van der Waals surface area contributed by atoms with Crippen LogP contribution in [0.25, 0.3) is 11.0 Å². The number of fused-ring (bicyclic) bond motifs is 1. The molecule has 116 valence electrons. The first-order chi connectivity index (χ1) is 10.4. The van der Waals surface area contributed by atoms with Crippen molar-refractivity contribution in [2.45, 2.75) is 6.92 Å². The number of carbonyl (C=O) groups excluding carboxylic acids is 2. The van der Waals surface area contributed by atoms with E-state index in [0.29, 0.717) is 10.9 Å². The van der Waals surface area contributed by atoms with Crippen molar-refractivity contribution in [3.05, 3.63) is 34.2 Å². The van der Waals surface area contributed by atoms with Gasteiger partial charge in [-0.25, -0.2) is 4.79 Å². The van der Waals surface area contributed by atoms with Crippen LogP contribution in [0.1, 0.15) is 5.56 Å². The zero-order valence-electron chi connectivity index (χ0n) is 11.4. The summed E-state index contributed by atoms with van der Waals surface area (Å²) in [7, 11) is 0. The standard InChI is InChI=1S/C14H12O8/c1-7-2-13(19)22-10-4-8(20-5-11(15)16)3-9(14(7)10)21-6-12(17)18/h2-4H,5-6H2,1H3,(H,15,16)(H,17,18)/p-2. The minimum Gasteiger partial charge on any atom is -0.546 e. The molecule has 0 fully saturated rings. The molecule has 0 spiro atoms. The van der Waals surface area contributed by atoms with Crippen molar-refractivity contribution in [3.63, 3.8) is 0 Å². The van der Waals surface area contributed by atoms with Crippen molar-refractivity contribution < 1.29 is 33.7 Å². The molecular weight excluding hydrogens is 296 g/mol. The van der Waals surface area contributed by atoms with Crippen molar-refractivity contribution in [2.24, 2.45) is 0 Å². The normalized spacial score (nSPS) is 10.4. The summed E-state index contributed by atoms with van der Waals surface area (Å²) in [5.41, 5.74) is -0.0341. The van der Waals surface area contributed by atoms with Crippen LogP contribution in [-0.2, 0) is 9.59 Å². The molecule has 0 atom stereocenters. The lowest BCUT2D eigenvalue weighted by atomic mass is 10.1. The maximum absolute atomic E-state index is 11.4. The summed E-state index contributed by atoms with van der Waals surface area (Å²) >= 11 is 0. The molecule has 2 aromatic rings. The van der Waals surface area contributed by atoms with Crippen molar-refractivity contribution in [1.29, 1.82) is 0 Å². The molecule has 0 radical (unpaired) electrons. The molecule has 0 bridgehead atoms. The van der Waals surface area contributed by atoms with Crippen molar-refractivity contribution in [3.8, 4) is 11.5 Å². The second-order valence-corrected chi connectivity index (χ2v) is 4.36. The van der Waals surface area contributed by atoms with Crippen LogP contribution >= 0.6 is 0 Å². The van der Waals surface area contributed by atoms with Gasteiger partial charge in [0.25, 0.3) is 0 Å². The van der Waals surface area contributed by atoms with Crippen LogP contribution in [0.4, 0.5) is 0 Å². The summed E-state index contributed by atoms with van der Waals surface area (Å²) in [6, 6.07) is 3.82. The van der Waals surface area contributed by atoms with Crippen molar-refractivity contribution in [1.82, 2.24) is 0 Å². The highest BCUT2D eigenvalue weighted by atomic mass is 16.5. The lowest BCUT2D eigenvalue weighted by molar-refractivity contribution is -0.308. The van der Waals surface area contributed by atoms with Gasteiger partial charge < -0.3 is 33.7 Å². The van der Waals surface area contributed by atoms with E-state index in [4.69, 9.17) is 13.9 Å². The van der Waals surface area contributed by atoms with Crippen LogP contribution in [0.2, 0.25) is 0 Å². The number of benzene rings is 1. The Morgan fingerprint density at radius 3 is 2.36 bits per heavy atom. The molecule has 22 heavy (non-hydrogen) atoms. The molecule has 0 unspecified atom stereocenters. The van der Waals surface area contributed by atoms with E-state index < -0.39 is 30.8 Å². The van der Waals surface area contributed by atoms with Crippen LogP contribution < -0.4 is 25.3 Å². The Hall–Kier alpha value is -3.03. The highest BCUT2D eigenvalue weighted by Gasteiger charge is 2.12. The van der Waals surface area contributed by atoms with Gasteiger partial charge in [0.2, 0.25) is 0 Å². The first-order valence-electron chi connectivity index (χ1n) is 6.10. The lowest BCUT2D eigenvalue weighted by Gasteiger charge is -2.14. The van der Waals surface area contributed by atoms with Gasteiger partial charge in [0.1, 0.15) is 30.3 Å². The minimum atomic E-state index is -1.44. The molecule has 0 aliphatic rings. The van der Waals surface area contributed by atoms with E-state index in [0.717, 1.165) is 0 Å². The summed E-state index contributed by atoms with van der Waals surface area (Å²) in [4.78, 5) is 32.3. The zero-order valence-corrected chi connectivity index (χ0v) is 11.4. The Balaban J connectivity index is 2.53. The lowest BCUT2D eigenvalue weighted by Crippen LogP contribution is -2.29. The molecule has 0 saturated heterocycles. The predicted molar refractivity (Wildman–Crippen MR) is 68.2 cm³/mol. The first kappa shape index (κ1) is 15.4. The van der Waals surface area contributed by atoms with E-state index in [1.54, 1.807) is 6.92 Å². The molecule has 2 rings (SSSR count). The smallest absolute Gasteiger partial charge is 0.336 e. The number of ether oxygens (including phenoxy) is 2. The molecule has 0 saturated carbocycles. The molecule has 0 aliphatic carbocycles. The molecule has 8 nitrogen and oxygen atoms in total. The zero-order chi connectivity index (χ0) is 16.3. The molecule has 0 amide bonds. The number of carboxylic acid groups (broad SMARTS) is 2. The summed E-state index contributed by atoms with van der Waals surface area (Å²) < 4.78 is 15.0. The van der Waals surface area contributed by atoms with Gasteiger partial charge in [-0.3, -0.25) is 0 Å². The second kappa shape index (κ2) is 6.17. The van der Waals surface area contributed by atoms with Gasteiger partial charge in [-0.15, -0.1) is 0 Å². The number of carbonyl (C=O) groups is 2. The summed E-state index contributed by atoms with van der Waals surface area (Å²) in [5, 5.41) is 21.3. The molecule has 8 heteroatoms. The average Bonchev–Trinajstić information content (AvgIpc) is 2.41. The number of aliphatic carboxylic acids is 2. The molecular formula is C14H10O8-2. The fraction of sp³-hybridized carbons (Fsp3) is 0.214. The molecule has 1 aromatic carbocycles. The molecule has 1 aromatic heterocycles. The van der Waals surface area contributed by atoms with Crippen LogP contribution in [0.5, 0.6) is 11.5 Å². The van der Waals surface area contributed by atoms with Gasteiger partial charge in [-0.1, -0.05) is 0 Å². The van der Waals surface area contributed by atoms with Crippen LogP contribution in [0, 0.1) is 6.92 Å². The van der Waals surface area contributed by atoms with E-state index in [-0.39, 0.29) is 17.1 Å². The van der Waals surface area contributed by atoms with Gasteiger partial charge >= 0.3 is 5.63 Å². The van der Waals surface area contributed by atoms with Crippen LogP contribution in [0.3, 0.4) is 0 Å². The third-order valence-electron chi connectivity index (χ3n) is 2.68. The Bertz CT molecular complexity index is 789. The molecule has 0 aliphatic heterocycles. The number of carboxylic acids is 2. The van der Waals surface area contributed by atoms with E-state index in [1.165, 1.54) is 18.2 Å². The number of hydrogen-bond donors (Lipinski definition) is 0. The summed E-state index contributed by atoms with van der Waals surface area (Å²) in [6.45, 7) is 0.173. The van der Waals surface area contributed by atoms with Gasteiger partial charge in [0, 0.05) is 18.2 Å². The molecule has 0 N–H and O–H groups in total. The van der Waals surface area contributed by atoms with E-state index in [2.05, 4.69) is 0 Å². The Kier molecular flexibility index (Phi) is 4.31. The highest BCUT2D eigenvalue weighted by molar-refractivity contribution is 5.88. The third-order valence-corrected chi connectivity index (χ3v) is 2.68. The SMILES string of the molecule is Cc1cc(=O)oc2cc(OCC(=O)[O-])cc(OCC(=O)[O-])c12. The molecule has 1 heterocycles. The monoisotopic (exact) mass is 306 g/mol. The highest BCUT2D eigenvalue weighted by Crippen LogP contribution is 2.32. The fourth-order valence-electron chi connectivity index (χ4n) is 1.90. The summed E-state index contributed by atoms with van der Waals surface area (Å²) in [5.74, 6) is -2.79. The Labute approximate surface area is 123 Å². The van der Waals surface area contributed by atoms with Crippen LogP contribution in [-0.4, -0.2) is 25.2 Å². The number of aryl methyl sites for hydroxylation is 1. The minimum absolute atomic E-state index is 0.0267. The van der Waals surface area contributed by atoms with Gasteiger partial charge in [0.05, 0.1) is 17.3 Å². The van der Waals surface area contributed by atoms with Gasteiger partial charge in [0.15, 0.2) is 0 Å². The summed E-state index contributed by atoms with van der Waals surface area (Å²) in [6.07, 6.45) is 0. The maximum atomic E-state index is 11.4. The van der Waals surface area contributed by atoms with Crippen LogP contribution in [0.15, 0.2) is 27.4 Å². The predicted octanol–water partition coefficient (Wildman–Crippen LogP) is -1.64. The fourth-order valence-corrected chi connectivity index (χ4v) is 1.90. The number of hydrogen-bond acceptors (Lipinski definition) is 8. The van der Waals surface area contributed by atoms with Gasteiger partial charge in [-0.05, 0) is 12.5 Å². The van der Waals surface area contributed by atoms with E-state index >= 15 is 0 Å². The second-order valence-electron chi connectivity index (χ2n) is 4.36. The third kappa shape index (κ3) is 3.54. The van der Waals surface area contributed by atoms with Gasteiger partial charge in [-0.2, -0.15) is 0 Å². The maximum Gasteiger partial charge on any atom is 0.336 e. The Morgan fingerprint density at radius 1 is 1.09 bits per heavy atom. The van der Waals surface area contributed by atoms with Crippen molar-refractivity contribution in [2.75, 3.05) is 13.2 Å². The topological polar surface area (TPSA) is 129 Å². The van der Waals surface area contributed by atoms with E-state index in [1.807, 2.05) is 0 Å². The average molecular weight is 306 g/mol. The first-order valence-corrected chi connectivity index (χ1v) is 6.10. The number of rotatable bonds is 6. The quantitative estimate of drug-likeness (QED) is 0.581. The van der Waals surface area contributed by atoms with E-state index in [9.17, 15) is 24.6 Å². The Morgan fingerprint density at radius 2 is 1.73 bits per heavy atom. The largest absolute Gasteiger partial charge is 0.546 e. The van der Waals surface area contributed by atoms with Crippen molar-refractivity contribution >= 4 is 22.9 Å².